The summed E-state index contributed by atoms with van der Waals surface area (Å²) in [6, 6.07) is 4.12. The van der Waals surface area contributed by atoms with E-state index in [4.69, 9.17) is 0 Å². The largest absolute Gasteiger partial charge is 0.508 e. The molecule has 0 bridgehead atoms. The molecule has 2 heteroatoms. The van der Waals surface area contributed by atoms with E-state index in [1.165, 1.54) is 5.56 Å². The Balaban J connectivity index is 3.29. The molecule has 0 unspecified atom stereocenters. The van der Waals surface area contributed by atoms with Gasteiger partial charge in [-0.1, -0.05) is 32.9 Å². The van der Waals surface area contributed by atoms with E-state index in [1.54, 1.807) is 0 Å². The summed E-state index contributed by atoms with van der Waals surface area (Å²) in [5.74, 6) is 0.424. The predicted octanol–water partition coefficient (Wildman–Crippen LogP) is 1.26. The molecule has 0 fully saturated rings. The van der Waals surface area contributed by atoms with Gasteiger partial charge in [-0.3, -0.25) is 0 Å². The second-order valence-corrected chi connectivity index (χ2v) is 4.71. The van der Waals surface area contributed by atoms with Crippen LogP contribution in [0.15, 0.2) is 12.1 Å². The maximum absolute atomic E-state index is 9.60. The lowest BCUT2D eigenvalue weighted by Gasteiger charge is -2.21. The van der Waals surface area contributed by atoms with E-state index >= 15 is 0 Å². The zero-order valence-corrected chi connectivity index (χ0v) is 9.10. The van der Waals surface area contributed by atoms with Crippen molar-refractivity contribution in [1.82, 2.24) is 0 Å². The Morgan fingerprint density at radius 1 is 1.23 bits per heavy atom. The number of hydrogen-bond acceptors (Lipinski definition) is 1. The summed E-state index contributed by atoms with van der Waals surface area (Å²) in [5.41, 5.74) is 3.36. The van der Waals surface area contributed by atoms with E-state index in [2.05, 4.69) is 32.9 Å². The summed E-state index contributed by atoms with van der Waals surface area (Å²) in [7, 11) is 1.94. The van der Waals surface area contributed by atoms with Crippen molar-refractivity contribution in [2.24, 2.45) is 0 Å². The number of benzene rings is 1. The van der Waals surface area contributed by atoms with Crippen molar-refractivity contribution in [3.8, 4) is 5.75 Å². The van der Waals surface area contributed by atoms with Crippen LogP contribution in [0.4, 0.5) is 0 Å². The monoisotopic (exact) mass is 176 g/mol. The Labute approximate surface area is 81.2 Å². The third kappa shape index (κ3) is 2.06. The maximum Gasteiger partial charge on any atom is 0.144 e. The van der Waals surface area contributed by atoms with Crippen molar-refractivity contribution in [1.29, 1.82) is 0 Å². The van der Waals surface area contributed by atoms with E-state index in [9.17, 15) is 5.11 Å². The fourth-order valence-corrected chi connectivity index (χ4v) is 1.39. The average Bonchev–Trinajstić information content (AvgIpc) is 1.97. The fourth-order valence-electron chi connectivity index (χ4n) is 1.39. The van der Waals surface area contributed by atoms with Crippen molar-refractivity contribution in [2.45, 2.75) is 33.1 Å². The smallest absolute Gasteiger partial charge is 0.144 e. The molecular weight excluding hydrogens is 159 g/mol. The first kappa shape index (κ1) is 10.2. The molecule has 0 radical (unpaired) electrons. The highest BCUT2D eigenvalue weighted by Crippen LogP contribution is 2.25. The van der Waals surface area contributed by atoms with Gasteiger partial charge in [0.25, 0.3) is 0 Å². The number of hydrogen-bond donors (Lipinski definition) is 1. The molecule has 1 aromatic carbocycles. The van der Waals surface area contributed by atoms with Gasteiger partial charge in [0.05, 0.1) is 0 Å². The molecule has 0 aliphatic rings. The molecule has 70 valence electrons. The van der Waals surface area contributed by atoms with Gasteiger partial charge in [-0.2, -0.15) is 0 Å². The first-order chi connectivity index (χ1) is 5.82. The highest BCUT2D eigenvalue weighted by Gasteiger charge is 2.15. The van der Waals surface area contributed by atoms with Gasteiger partial charge in [0.1, 0.15) is 13.6 Å². The van der Waals surface area contributed by atoms with Crippen LogP contribution in [0.2, 0.25) is 0 Å². The third-order valence-corrected chi connectivity index (χ3v) is 2.36. The van der Waals surface area contributed by atoms with Crippen LogP contribution in [0.1, 0.15) is 31.9 Å². The molecule has 0 aliphatic heterocycles. The standard InChI is InChI=1S/C11H17BO/c1-7-5-8(11(2,3)4)6-9(12)10(7)13/h5-6,13H,12H2,1-4H3. The van der Waals surface area contributed by atoms with Gasteiger partial charge < -0.3 is 5.11 Å². The zero-order chi connectivity index (χ0) is 10.2. The molecule has 0 saturated carbocycles. The summed E-state index contributed by atoms with van der Waals surface area (Å²) in [5, 5.41) is 9.60. The quantitative estimate of drug-likeness (QED) is 0.590. The van der Waals surface area contributed by atoms with Crippen molar-refractivity contribution in [3.63, 3.8) is 0 Å². The molecule has 0 amide bonds. The molecule has 0 atom stereocenters. The molecule has 0 spiro atoms. The van der Waals surface area contributed by atoms with E-state index in [0.29, 0.717) is 5.75 Å². The molecule has 0 saturated heterocycles. The highest BCUT2D eigenvalue weighted by molar-refractivity contribution is 6.34. The van der Waals surface area contributed by atoms with Crippen LogP contribution in [0, 0.1) is 6.92 Å². The number of aryl methyl sites for hydroxylation is 1. The molecule has 1 N–H and O–H groups in total. The number of rotatable bonds is 0. The van der Waals surface area contributed by atoms with Crippen molar-refractivity contribution < 1.29 is 5.11 Å². The molecule has 0 aromatic heterocycles. The maximum atomic E-state index is 9.60. The zero-order valence-electron chi connectivity index (χ0n) is 9.10. The van der Waals surface area contributed by atoms with E-state index in [-0.39, 0.29) is 5.41 Å². The molecule has 1 nitrogen and oxygen atoms in total. The second-order valence-electron chi connectivity index (χ2n) is 4.71. The topological polar surface area (TPSA) is 20.2 Å². The highest BCUT2D eigenvalue weighted by atomic mass is 16.3. The summed E-state index contributed by atoms with van der Waals surface area (Å²) in [6.45, 7) is 8.48. The van der Waals surface area contributed by atoms with Gasteiger partial charge in [-0.05, 0) is 28.9 Å². The summed E-state index contributed by atoms with van der Waals surface area (Å²) >= 11 is 0. The summed E-state index contributed by atoms with van der Waals surface area (Å²) < 4.78 is 0. The lowest BCUT2D eigenvalue weighted by Crippen LogP contribution is -2.16. The lowest BCUT2D eigenvalue weighted by atomic mass is 9.81. The molecule has 0 aliphatic carbocycles. The summed E-state index contributed by atoms with van der Waals surface area (Å²) in [4.78, 5) is 0. The molecular formula is C11H17BO. The van der Waals surface area contributed by atoms with Gasteiger partial charge in [0, 0.05) is 0 Å². The minimum absolute atomic E-state index is 0.156. The van der Waals surface area contributed by atoms with Gasteiger partial charge >= 0.3 is 0 Å². The number of aromatic hydroxyl groups is 1. The van der Waals surface area contributed by atoms with Crippen LogP contribution in [0.5, 0.6) is 5.75 Å². The third-order valence-electron chi connectivity index (χ3n) is 2.36. The Hall–Kier alpha value is -0.915. The van der Waals surface area contributed by atoms with Crippen LogP contribution in [0.3, 0.4) is 0 Å². The minimum Gasteiger partial charge on any atom is -0.508 e. The fraction of sp³-hybridized carbons (Fsp3) is 0.455. The molecule has 0 heterocycles. The van der Waals surface area contributed by atoms with Gasteiger partial charge in [-0.15, -0.1) is 0 Å². The average molecular weight is 176 g/mol. The molecule has 13 heavy (non-hydrogen) atoms. The number of phenolic OH excluding ortho intramolecular Hbond substituents is 1. The Kier molecular flexibility index (Phi) is 2.42. The van der Waals surface area contributed by atoms with Crippen LogP contribution in [-0.4, -0.2) is 13.0 Å². The van der Waals surface area contributed by atoms with Crippen molar-refractivity contribution in [3.05, 3.63) is 23.3 Å². The lowest BCUT2D eigenvalue weighted by molar-refractivity contribution is 0.474. The normalized spacial score (nSPS) is 11.7. The molecule has 1 rings (SSSR count). The van der Waals surface area contributed by atoms with Gasteiger partial charge in [-0.25, -0.2) is 0 Å². The van der Waals surface area contributed by atoms with Crippen LogP contribution in [0.25, 0.3) is 0 Å². The Morgan fingerprint density at radius 2 is 1.77 bits per heavy atom. The van der Waals surface area contributed by atoms with Gasteiger partial charge in [0.2, 0.25) is 0 Å². The number of phenols is 1. The van der Waals surface area contributed by atoms with Crippen LogP contribution in [-0.2, 0) is 5.41 Å². The first-order valence-corrected chi connectivity index (χ1v) is 4.63. The Bertz CT molecular complexity index is 300. The van der Waals surface area contributed by atoms with Crippen molar-refractivity contribution >= 4 is 13.3 Å². The Morgan fingerprint density at radius 3 is 2.15 bits per heavy atom. The summed E-state index contributed by atoms with van der Waals surface area (Å²) in [6.07, 6.45) is 0. The first-order valence-electron chi connectivity index (χ1n) is 4.63. The second kappa shape index (κ2) is 3.10. The molecule has 1 aromatic rings. The van der Waals surface area contributed by atoms with E-state index < -0.39 is 0 Å². The SMILES string of the molecule is Bc1cc(C(C)(C)C)cc(C)c1O. The van der Waals surface area contributed by atoms with E-state index in [0.717, 1.165) is 11.0 Å². The van der Waals surface area contributed by atoms with E-state index in [1.807, 2.05) is 14.8 Å². The minimum atomic E-state index is 0.156. The van der Waals surface area contributed by atoms with Crippen molar-refractivity contribution in [2.75, 3.05) is 0 Å². The van der Waals surface area contributed by atoms with Gasteiger partial charge in [0.15, 0.2) is 0 Å². The van der Waals surface area contributed by atoms with Crippen LogP contribution < -0.4 is 5.46 Å². The predicted molar refractivity (Wildman–Crippen MR) is 59.7 cm³/mol. The van der Waals surface area contributed by atoms with Crippen LogP contribution >= 0.6 is 0 Å².